The first kappa shape index (κ1) is 5.45. The molecule has 0 unspecified atom stereocenters. The summed E-state index contributed by atoms with van der Waals surface area (Å²) in [5.74, 6) is 0. The monoisotopic (exact) mass is 130 g/mol. The van der Waals surface area contributed by atoms with Crippen molar-refractivity contribution in [1.82, 2.24) is 4.90 Å². The van der Waals surface area contributed by atoms with Crippen LogP contribution < -0.4 is 0 Å². The third-order valence-corrected chi connectivity index (χ3v) is 1.62. The molecule has 0 aromatic heterocycles. The lowest BCUT2D eigenvalue weighted by Crippen LogP contribution is -2.18. The SMILES string of the molecule is [C+]1=CC2=CC=CCN2C=C1. The summed E-state index contributed by atoms with van der Waals surface area (Å²) in [4.78, 5) is 2.18. The molecule has 0 spiro atoms. The first-order chi connectivity index (χ1) is 4.97. The van der Waals surface area contributed by atoms with Crippen LogP contribution in [-0.4, -0.2) is 11.4 Å². The van der Waals surface area contributed by atoms with E-state index in [4.69, 9.17) is 0 Å². The lowest BCUT2D eigenvalue weighted by atomic mass is 10.2. The van der Waals surface area contributed by atoms with Crippen LogP contribution in [0.4, 0.5) is 0 Å². The van der Waals surface area contributed by atoms with E-state index in [1.54, 1.807) is 0 Å². The second kappa shape index (κ2) is 2.13. The van der Waals surface area contributed by atoms with Gasteiger partial charge in [0, 0.05) is 12.2 Å². The molecule has 0 radical (unpaired) electrons. The van der Waals surface area contributed by atoms with Crippen molar-refractivity contribution in [2.24, 2.45) is 0 Å². The molecule has 0 atom stereocenters. The Kier molecular flexibility index (Phi) is 1.16. The Labute approximate surface area is 60.6 Å². The molecular formula is C9H8N+. The van der Waals surface area contributed by atoms with E-state index >= 15 is 0 Å². The summed E-state index contributed by atoms with van der Waals surface area (Å²) >= 11 is 0. The van der Waals surface area contributed by atoms with E-state index in [9.17, 15) is 0 Å². The van der Waals surface area contributed by atoms with Gasteiger partial charge in [-0.05, 0) is 6.08 Å². The van der Waals surface area contributed by atoms with Gasteiger partial charge in [-0.15, -0.1) is 0 Å². The van der Waals surface area contributed by atoms with Gasteiger partial charge >= 0.3 is 0 Å². The minimum atomic E-state index is 0.987. The molecular weight excluding hydrogens is 122 g/mol. The van der Waals surface area contributed by atoms with Crippen LogP contribution in [0.1, 0.15) is 0 Å². The van der Waals surface area contributed by atoms with Gasteiger partial charge in [-0.2, -0.15) is 0 Å². The Hall–Kier alpha value is -1.33. The van der Waals surface area contributed by atoms with E-state index in [0.29, 0.717) is 0 Å². The fourth-order valence-electron chi connectivity index (χ4n) is 1.09. The van der Waals surface area contributed by atoms with Gasteiger partial charge in [-0.25, -0.2) is 4.90 Å². The lowest BCUT2D eigenvalue weighted by Gasteiger charge is -2.14. The van der Waals surface area contributed by atoms with Gasteiger partial charge in [0.05, 0.1) is 6.54 Å². The Balaban J connectivity index is 2.34. The van der Waals surface area contributed by atoms with Gasteiger partial charge in [-0.3, -0.25) is 0 Å². The third-order valence-electron chi connectivity index (χ3n) is 1.62. The van der Waals surface area contributed by atoms with Crippen molar-refractivity contribution in [2.75, 3.05) is 6.54 Å². The maximum absolute atomic E-state index is 3.03. The van der Waals surface area contributed by atoms with Gasteiger partial charge in [0.25, 0.3) is 0 Å². The fraction of sp³-hybridized carbons (Fsp3) is 0.111. The number of rotatable bonds is 0. The molecule has 0 saturated carbocycles. The molecule has 0 saturated heterocycles. The molecule has 2 heterocycles. The topological polar surface area (TPSA) is 3.24 Å². The molecule has 0 N–H and O–H groups in total. The smallest absolute Gasteiger partial charge is 0.152 e. The highest BCUT2D eigenvalue weighted by Gasteiger charge is 2.14. The largest absolute Gasteiger partial charge is 0.241 e. The van der Waals surface area contributed by atoms with Crippen LogP contribution in [0.2, 0.25) is 0 Å². The Morgan fingerprint density at radius 3 is 3.40 bits per heavy atom. The predicted molar refractivity (Wildman–Crippen MR) is 40.9 cm³/mol. The van der Waals surface area contributed by atoms with Gasteiger partial charge in [-0.1, -0.05) is 6.08 Å². The highest BCUT2D eigenvalue weighted by molar-refractivity contribution is 5.31. The number of fused-ring (bicyclic) bond motifs is 1. The van der Waals surface area contributed by atoms with Crippen molar-refractivity contribution in [1.29, 1.82) is 0 Å². The summed E-state index contributed by atoms with van der Waals surface area (Å²) in [6.45, 7) is 0.987. The van der Waals surface area contributed by atoms with Crippen LogP contribution in [0, 0.1) is 6.08 Å². The number of nitrogens with zero attached hydrogens (tertiary/aromatic N) is 1. The second-order valence-corrected chi connectivity index (χ2v) is 2.30. The van der Waals surface area contributed by atoms with Crippen LogP contribution in [0.15, 0.2) is 42.3 Å². The van der Waals surface area contributed by atoms with Crippen molar-refractivity contribution >= 4 is 0 Å². The first-order valence-corrected chi connectivity index (χ1v) is 3.36. The van der Waals surface area contributed by atoms with E-state index in [2.05, 4.69) is 29.2 Å². The highest BCUT2D eigenvalue weighted by Crippen LogP contribution is 2.14. The molecule has 1 heteroatoms. The Bertz CT molecular complexity index is 243. The van der Waals surface area contributed by atoms with Crippen molar-refractivity contribution in [3.05, 3.63) is 48.4 Å². The predicted octanol–water partition coefficient (Wildman–Crippen LogP) is 1.63. The summed E-state index contributed by atoms with van der Waals surface area (Å²) in [7, 11) is 0. The standard InChI is InChI=1S/C9H8N/c1-3-7-10-8-4-2-6-9(10)5-1/h1,3-6,8H,7H2/q+1. The van der Waals surface area contributed by atoms with E-state index < -0.39 is 0 Å². The summed E-state index contributed by atoms with van der Waals surface area (Å²) < 4.78 is 0. The quantitative estimate of drug-likeness (QED) is 0.450. The van der Waals surface area contributed by atoms with Gasteiger partial charge < -0.3 is 0 Å². The molecule has 2 aliphatic rings. The summed E-state index contributed by atoms with van der Waals surface area (Å²) in [5.41, 5.74) is 1.23. The molecule has 0 fully saturated rings. The molecule has 10 heavy (non-hydrogen) atoms. The third kappa shape index (κ3) is 0.772. The van der Waals surface area contributed by atoms with Crippen LogP contribution in [0.25, 0.3) is 0 Å². The van der Waals surface area contributed by atoms with E-state index in [1.807, 2.05) is 18.4 Å². The zero-order valence-corrected chi connectivity index (χ0v) is 5.62. The Morgan fingerprint density at radius 2 is 2.50 bits per heavy atom. The van der Waals surface area contributed by atoms with Crippen molar-refractivity contribution in [3.8, 4) is 0 Å². The van der Waals surface area contributed by atoms with Gasteiger partial charge in [0.15, 0.2) is 5.70 Å². The highest BCUT2D eigenvalue weighted by atomic mass is 15.1. The number of hydrogen-bond acceptors (Lipinski definition) is 1. The van der Waals surface area contributed by atoms with Crippen LogP contribution in [-0.2, 0) is 0 Å². The molecule has 0 bridgehead atoms. The maximum Gasteiger partial charge on any atom is 0.152 e. The average molecular weight is 130 g/mol. The number of hydrogen-bond donors (Lipinski definition) is 0. The van der Waals surface area contributed by atoms with Crippen LogP contribution in [0.3, 0.4) is 0 Å². The van der Waals surface area contributed by atoms with E-state index in [1.165, 1.54) is 5.70 Å². The molecule has 2 aliphatic heterocycles. The number of allylic oxidation sites excluding steroid dienone is 5. The maximum atomic E-state index is 3.03. The van der Waals surface area contributed by atoms with E-state index in [0.717, 1.165) is 6.54 Å². The van der Waals surface area contributed by atoms with Crippen molar-refractivity contribution in [3.63, 3.8) is 0 Å². The van der Waals surface area contributed by atoms with Gasteiger partial charge in [0.2, 0.25) is 0 Å². The van der Waals surface area contributed by atoms with Crippen LogP contribution in [0.5, 0.6) is 0 Å². The summed E-state index contributed by atoms with van der Waals surface area (Å²) in [6.07, 6.45) is 15.3. The second-order valence-electron chi connectivity index (χ2n) is 2.30. The van der Waals surface area contributed by atoms with Crippen LogP contribution >= 0.6 is 0 Å². The minimum Gasteiger partial charge on any atom is -0.241 e. The zero-order valence-electron chi connectivity index (χ0n) is 5.62. The minimum absolute atomic E-state index is 0.987. The van der Waals surface area contributed by atoms with E-state index in [-0.39, 0.29) is 0 Å². The van der Waals surface area contributed by atoms with Gasteiger partial charge in [0.1, 0.15) is 18.4 Å². The molecule has 1 nitrogen and oxygen atoms in total. The van der Waals surface area contributed by atoms with Crippen molar-refractivity contribution in [2.45, 2.75) is 0 Å². The molecule has 2 rings (SSSR count). The fourth-order valence-corrected chi connectivity index (χ4v) is 1.09. The lowest BCUT2D eigenvalue weighted by molar-refractivity contribution is 0.522. The molecule has 0 amide bonds. The molecule has 0 aromatic carbocycles. The average Bonchev–Trinajstić information content (AvgIpc) is 2.05. The Morgan fingerprint density at radius 1 is 1.50 bits per heavy atom. The first-order valence-electron chi connectivity index (χ1n) is 3.36. The molecule has 0 aliphatic carbocycles. The molecule has 48 valence electrons. The normalized spacial score (nSPS) is 20.0. The molecule has 0 aromatic rings. The zero-order chi connectivity index (χ0) is 6.81. The summed E-state index contributed by atoms with van der Waals surface area (Å²) in [5, 5.41) is 0. The summed E-state index contributed by atoms with van der Waals surface area (Å²) in [6, 6.07) is 0. The van der Waals surface area contributed by atoms with Crippen molar-refractivity contribution < 1.29 is 0 Å².